The van der Waals surface area contributed by atoms with Gasteiger partial charge in [0, 0.05) is 6.54 Å². The molecule has 3 N–H and O–H groups in total. The van der Waals surface area contributed by atoms with E-state index in [2.05, 4.69) is 14.9 Å². The Morgan fingerprint density at radius 2 is 2.31 bits per heavy atom. The van der Waals surface area contributed by atoms with Gasteiger partial charge in [0.2, 0.25) is 0 Å². The van der Waals surface area contributed by atoms with Crippen molar-refractivity contribution in [1.29, 1.82) is 0 Å². The highest BCUT2D eigenvalue weighted by Crippen LogP contribution is 2.28. The average Bonchev–Trinajstić information content (AvgIpc) is 2.88. The maximum atomic E-state index is 11.7. The van der Waals surface area contributed by atoms with Crippen molar-refractivity contribution in [1.82, 2.24) is 14.9 Å². The largest absolute Gasteiger partial charge is 0.478 e. The van der Waals surface area contributed by atoms with Crippen molar-refractivity contribution in [2.24, 2.45) is 5.92 Å². The molecule has 7 nitrogen and oxygen atoms in total. The van der Waals surface area contributed by atoms with E-state index in [0.717, 1.165) is 19.0 Å². The van der Waals surface area contributed by atoms with Crippen LogP contribution in [0.25, 0.3) is 0 Å². The molecule has 0 radical (unpaired) electrons. The number of H-pyrrole nitrogens is 1. The van der Waals surface area contributed by atoms with Gasteiger partial charge in [0.05, 0.1) is 6.20 Å². The minimum atomic E-state index is -3.80. The Labute approximate surface area is 91.9 Å². The minimum Gasteiger partial charge on any atom is -0.478 e. The molecule has 1 aliphatic rings. The molecule has 1 fully saturated rings. The summed E-state index contributed by atoms with van der Waals surface area (Å²) in [6.45, 7) is 0.348. The van der Waals surface area contributed by atoms with Gasteiger partial charge in [0.15, 0.2) is 5.03 Å². The second-order valence-electron chi connectivity index (χ2n) is 3.71. The topological polar surface area (TPSA) is 112 Å². The molecule has 0 atom stereocenters. The van der Waals surface area contributed by atoms with Crippen LogP contribution in [0.5, 0.6) is 0 Å². The third-order valence-corrected chi connectivity index (χ3v) is 3.76. The quantitative estimate of drug-likeness (QED) is 0.664. The van der Waals surface area contributed by atoms with Crippen LogP contribution < -0.4 is 4.72 Å². The molecule has 1 aromatic rings. The molecule has 0 aromatic carbocycles. The fraction of sp³-hybridized carbons (Fsp3) is 0.500. The first-order valence-electron chi connectivity index (χ1n) is 4.77. The van der Waals surface area contributed by atoms with Crippen LogP contribution in [0.15, 0.2) is 11.2 Å². The monoisotopic (exact) mass is 245 g/mol. The number of aromatic nitrogens is 2. The molecule has 1 heterocycles. The second-order valence-corrected chi connectivity index (χ2v) is 5.42. The van der Waals surface area contributed by atoms with Crippen LogP contribution >= 0.6 is 0 Å². The van der Waals surface area contributed by atoms with Crippen LogP contribution in [0.2, 0.25) is 0 Å². The summed E-state index contributed by atoms with van der Waals surface area (Å²) in [5.41, 5.74) is -0.344. The first kappa shape index (κ1) is 11.1. The van der Waals surface area contributed by atoms with E-state index in [1.807, 2.05) is 0 Å². The van der Waals surface area contributed by atoms with E-state index in [9.17, 15) is 13.2 Å². The molecule has 0 bridgehead atoms. The normalized spacial score (nSPS) is 16.2. The van der Waals surface area contributed by atoms with Crippen molar-refractivity contribution >= 4 is 16.0 Å². The first-order chi connectivity index (χ1) is 7.50. The van der Waals surface area contributed by atoms with Crippen LogP contribution in [-0.4, -0.2) is 36.2 Å². The van der Waals surface area contributed by atoms with Crippen molar-refractivity contribution in [2.45, 2.75) is 17.9 Å². The number of nitrogens with one attached hydrogen (secondary N) is 2. The smallest absolute Gasteiger partial charge is 0.340 e. The SMILES string of the molecule is O=C(O)c1cn[nH]c1S(=O)(=O)NCC1CC1. The zero-order chi connectivity index (χ0) is 11.8. The van der Waals surface area contributed by atoms with Gasteiger partial charge in [-0.05, 0) is 18.8 Å². The molecule has 1 saturated carbocycles. The zero-order valence-corrected chi connectivity index (χ0v) is 9.12. The summed E-state index contributed by atoms with van der Waals surface area (Å²) in [4.78, 5) is 10.7. The number of carboxylic acids is 1. The highest BCUT2D eigenvalue weighted by molar-refractivity contribution is 7.89. The van der Waals surface area contributed by atoms with Gasteiger partial charge in [0.25, 0.3) is 10.0 Å². The molecule has 8 heteroatoms. The lowest BCUT2D eigenvalue weighted by atomic mass is 10.4. The van der Waals surface area contributed by atoms with Crippen molar-refractivity contribution in [2.75, 3.05) is 6.54 Å². The van der Waals surface area contributed by atoms with E-state index in [-0.39, 0.29) is 10.6 Å². The third kappa shape index (κ3) is 2.22. The van der Waals surface area contributed by atoms with Crippen molar-refractivity contribution < 1.29 is 18.3 Å². The molecule has 0 amide bonds. The Bertz CT molecular complexity index is 503. The predicted octanol–water partition coefficient (Wildman–Crippen LogP) is -0.204. The Morgan fingerprint density at radius 3 is 2.88 bits per heavy atom. The van der Waals surface area contributed by atoms with Crippen LogP contribution in [-0.2, 0) is 10.0 Å². The Morgan fingerprint density at radius 1 is 1.62 bits per heavy atom. The maximum Gasteiger partial charge on any atom is 0.340 e. The van der Waals surface area contributed by atoms with E-state index in [4.69, 9.17) is 5.11 Å². The Balaban J connectivity index is 2.20. The van der Waals surface area contributed by atoms with Crippen LogP contribution in [0.1, 0.15) is 23.2 Å². The molecular formula is C8H11N3O4S. The van der Waals surface area contributed by atoms with Crippen molar-refractivity contribution in [3.63, 3.8) is 0 Å². The van der Waals surface area contributed by atoms with Gasteiger partial charge in [-0.3, -0.25) is 5.10 Å². The summed E-state index contributed by atoms with van der Waals surface area (Å²) in [5, 5.41) is 14.0. The molecule has 1 aliphatic carbocycles. The van der Waals surface area contributed by atoms with Gasteiger partial charge >= 0.3 is 5.97 Å². The molecular weight excluding hydrogens is 234 g/mol. The van der Waals surface area contributed by atoms with Gasteiger partial charge in [-0.2, -0.15) is 5.10 Å². The van der Waals surface area contributed by atoms with E-state index >= 15 is 0 Å². The van der Waals surface area contributed by atoms with Gasteiger partial charge in [-0.15, -0.1) is 0 Å². The average molecular weight is 245 g/mol. The molecule has 1 aromatic heterocycles. The summed E-state index contributed by atoms with van der Waals surface area (Å²) in [7, 11) is -3.80. The third-order valence-electron chi connectivity index (χ3n) is 2.36. The number of sulfonamides is 1. The lowest BCUT2D eigenvalue weighted by Crippen LogP contribution is -2.27. The second kappa shape index (κ2) is 3.87. The molecule has 0 spiro atoms. The fourth-order valence-corrected chi connectivity index (χ4v) is 2.46. The first-order valence-corrected chi connectivity index (χ1v) is 6.25. The maximum absolute atomic E-state index is 11.7. The Hall–Kier alpha value is -1.41. The van der Waals surface area contributed by atoms with Gasteiger partial charge in [-0.25, -0.2) is 17.9 Å². The summed E-state index contributed by atoms with van der Waals surface area (Å²) in [6.07, 6.45) is 3.00. The van der Waals surface area contributed by atoms with E-state index in [0.29, 0.717) is 12.5 Å². The highest BCUT2D eigenvalue weighted by atomic mass is 32.2. The molecule has 16 heavy (non-hydrogen) atoms. The van der Waals surface area contributed by atoms with E-state index < -0.39 is 16.0 Å². The molecule has 88 valence electrons. The molecule has 0 saturated heterocycles. The van der Waals surface area contributed by atoms with Gasteiger partial charge in [-0.1, -0.05) is 0 Å². The highest BCUT2D eigenvalue weighted by Gasteiger charge is 2.28. The van der Waals surface area contributed by atoms with E-state index in [1.54, 1.807) is 0 Å². The Kier molecular flexibility index (Phi) is 2.68. The van der Waals surface area contributed by atoms with Crippen molar-refractivity contribution in [3.8, 4) is 0 Å². The zero-order valence-electron chi connectivity index (χ0n) is 8.30. The number of hydrogen-bond acceptors (Lipinski definition) is 4. The van der Waals surface area contributed by atoms with Gasteiger partial charge < -0.3 is 5.11 Å². The lowest BCUT2D eigenvalue weighted by Gasteiger charge is -2.04. The van der Waals surface area contributed by atoms with Crippen LogP contribution in [0.3, 0.4) is 0 Å². The number of rotatable bonds is 5. The summed E-state index contributed by atoms with van der Waals surface area (Å²) in [6, 6.07) is 0. The van der Waals surface area contributed by atoms with E-state index in [1.165, 1.54) is 0 Å². The predicted molar refractivity (Wildman–Crippen MR) is 53.5 cm³/mol. The summed E-state index contributed by atoms with van der Waals surface area (Å²) in [5.74, 6) is -0.938. The number of hydrogen-bond donors (Lipinski definition) is 3. The molecule has 0 aliphatic heterocycles. The summed E-state index contributed by atoms with van der Waals surface area (Å²) >= 11 is 0. The molecule has 2 rings (SSSR count). The minimum absolute atomic E-state index is 0.344. The lowest BCUT2D eigenvalue weighted by molar-refractivity contribution is 0.0692. The van der Waals surface area contributed by atoms with Gasteiger partial charge in [0.1, 0.15) is 5.56 Å². The molecule has 0 unspecified atom stereocenters. The van der Waals surface area contributed by atoms with Crippen molar-refractivity contribution in [3.05, 3.63) is 11.8 Å². The standard InChI is InChI=1S/C8H11N3O4S/c12-8(13)6-4-9-11-7(6)16(14,15)10-3-5-1-2-5/h4-5,10H,1-3H2,(H,9,11)(H,12,13). The fourth-order valence-electron chi connectivity index (χ4n) is 1.25. The van der Waals surface area contributed by atoms with Crippen LogP contribution in [0.4, 0.5) is 0 Å². The number of aromatic carboxylic acids is 1. The number of aromatic amines is 1. The number of carbonyl (C=O) groups is 1. The number of carboxylic acid groups (broad SMARTS) is 1. The number of nitrogens with zero attached hydrogens (tertiary/aromatic N) is 1. The summed E-state index contributed by atoms with van der Waals surface area (Å²) < 4.78 is 25.8. The van der Waals surface area contributed by atoms with Crippen LogP contribution in [0, 0.1) is 5.92 Å².